The topological polar surface area (TPSA) is 3.24 Å². The van der Waals surface area contributed by atoms with Crippen LogP contribution in [0.1, 0.15) is 18.4 Å². The van der Waals surface area contributed by atoms with E-state index in [0.29, 0.717) is 11.1 Å². The molecule has 0 bridgehead atoms. The largest absolute Gasteiger partial charge is 0.334 e. The average molecular weight is 321 g/mol. The number of hydrogen-bond acceptors (Lipinski definition) is 1. The van der Waals surface area contributed by atoms with Crippen molar-refractivity contribution in [3.8, 4) is 0 Å². The van der Waals surface area contributed by atoms with Gasteiger partial charge >= 0.3 is 0 Å². The molecule has 3 heteroatoms. The Kier molecular flexibility index (Phi) is 2.79. The van der Waals surface area contributed by atoms with E-state index in [1.54, 1.807) is 4.90 Å². The zero-order valence-electron chi connectivity index (χ0n) is 13.2. The molecule has 5 rings (SSSR count). The van der Waals surface area contributed by atoms with Crippen LogP contribution in [0.3, 0.4) is 0 Å². The first-order chi connectivity index (χ1) is 11.6. The summed E-state index contributed by atoms with van der Waals surface area (Å²) >= 11 is 0. The monoisotopic (exact) mass is 321 g/mol. The molecule has 0 saturated heterocycles. The molecule has 0 spiro atoms. The van der Waals surface area contributed by atoms with Gasteiger partial charge in [0.25, 0.3) is 5.92 Å². The van der Waals surface area contributed by atoms with Crippen LogP contribution in [0.15, 0.2) is 48.5 Å². The van der Waals surface area contributed by atoms with Crippen LogP contribution in [-0.2, 0) is 0 Å². The van der Waals surface area contributed by atoms with E-state index >= 15 is 0 Å². The van der Waals surface area contributed by atoms with Gasteiger partial charge in [0.1, 0.15) is 0 Å². The van der Waals surface area contributed by atoms with Gasteiger partial charge in [-0.1, -0.05) is 42.5 Å². The number of halogens is 2. The lowest BCUT2D eigenvalue weighted by molar-refractivity contribution is 0.0813. The molecule has 1 saturated carbocycles. The number of allylic oxidation sites excluding steroid dienone is 2. The van der Waals surface area contributed by atoms with Crippen LogP contribution in [0.4, 0.5) is 20.2 Å². The molecule has 1 fully saturated rings. The van der Waals surface area contributed by atoms with Gasteiger partial charge in [0.05, 0.1) is 12.2 Å². The first kappa shape index (κ1) is 14.0. The summed E-state index contributed by atoms with van der Waals surface area (Å²) in [5.74, 6) is -2.24. The van der Waals surface area contributed by atoms with Gasteiger partial charge in [-0.15, -0.1) is 0 Å². The summed E-state index contributed by atoms with van der Waals surface area (Å²) in [6.45, 7) is -0.307. The summed E-state index contributed by atoms with van der Waals surface area (Å²) in [6.07, 6.45) is 7.84. The highest BCUT2D eigenvalue weighted by molar-refractivity contribution is 5.90. The fraction of sp³-hybridized carbons (Fsp3) is 0.238. The molecule has 0 radical (unpaired) electrons. The normalized spacial score (nSPS) is 20.6. The van der Waals surface area contributed by atoms with E-state index in [2.05, 4.69) is 12.2 Å². The standard InChI is InChI=1S/C21H17F2N/c22-21(23)12-16-9-8-15-10-11-18(14-6-7-14)19(15)20(16)24(13-21)17-4-2-1-3-5-17/h1-5,8-12,14H,6-7,13H2. The number of anilines is 2. The second-order valence-corrected chi connectivity index (χ2v) is 6.86. The third-order valence-corrected chi connectivity index (χ3v) is 5.06. The van der Waals surface area contributed by atoms with Crippen molar-refractivity contribution in [1.82, 2.24) is 0 Å². The molecule has 1 heterocycles. The predicted molar refractivity (Wildman–Crippen MR) is 93.7 cm³/mol. The molecule has 1 aliphatic heterocycles. The number of alkyl halides is 2. The van der Waals surface area contributed by atoms with Crippen LogP contribution in [0.2, 0.25) is 0 Å². The molecule has 1 nitrogen and oxygen atoms in total. The smallest absolute Gasteiger partial charge is 0.284 e. The van der Waals surface area contributed by atoms with Gasteiger partial charge in [-0.25, -0.2) is 0 Å². The first-order valence-corrected chi connectivity index (χ1v) is 8.41. The molecule has 120 valence electrons. The lowest BCUT2D eigenvalue weighted by Crippen LogP contribution is -2.42. The highest BCUT2D eigenvalue weighted by atomic mass is 19.3. The van der Waals surface area contributed by atoms with Crippen molar-refractivity contribution < 1.29 is 8.78 Å². The van der Waals surface area contributed by atoms with Crippen LogP contribution in [0.25, 0.3) is 17.7 Å². The molecule has 0 unspecified atom stereocenters. The fourth-order valence-corrected chi connectivity index (χ4v) is 3.86. The Balaban J connectivity index is 1.80. The van der Waals surface area contributed by atoms with E-state index < -0.39 is 5.92 Å². The fourth-order valence-electron chi connectivity index (χ4n) is 3.86. The molecule has 3 aliphatic rings. The number of para-hydroxylation sites is 1. The van der Waals surface area contributed by atoms with Crippen molar-refractivity contribution in [2.45, 2.75) is 18.8 Å². The third-order valence-electron chi connectivity index (χ3n) is 5.06. The molecular formula is C21H17F2N. The molecule has 0 N–H and O–H groups in total. The number of nitrogens with zero attached hydrogens (tertiary/aromatic N) is 1. The van der Waals surface area contributed by atoms with Crippen LogP contribution >= 0.6 is 0 Å². The van der Waals surface area contributed by atoms with Gasteiger partial charge in [0, 0.05) is 16.5 Å². The van der Waals surface area contributed by atoms with Crippen LogP contribution in [-0.4, -0.2) is 12.5 Å². The quantitative estimate of drug-likeness (QED) is 0.812. The lowest BCUT2D eigenvalue weighted by Gasteiger charge is -2.34. The third kappa shape index (κ3) is 2.11. The Labute approximate surface area is 139 Å². The summed E-state index contributed by atoms with van der Waals surface area (Å²) in [7, 11) is 0. The minimum absolute atomic E-state index is 0.307. The van der Waals surface area contributed by atoms with Crippen molar-refractivity contribution in [2.75, 3.05) is 11.4 Å². The van der Waals surface area contributed by atoms with Crippen LogP contribution < -0.4 is 15.3 Å². The Hall–Kier alpha value is -2.42. The Morgan fingerprint density at radius 2 is 1.67 bits per heavy atom. The molecule has 24 heavy (non-hydrogen) atoms. The number of benzene rings is 2. The van der Waals surface area contributed by atoms with Crippen molar-refractivity contribution >= 4 is 29.1 Å². The molecule has 0 atom stereocenters. The summed E-state index contributed by atoms with van der Waals surface area (Å²) in [4.78, 5) is 1.80. The van der Waals surface area contributed by atoms with E-state index in [4.69, 9.17) is 0 Å². The maximum Gasteiger partial charge on any atom is 0.284 e. The van der Waals surface area contributed by atoms with Gasteiger partial charge < -0.3 is 4.90 Å². The zero-order chi connectivity index (χ0) is 16.3. The van der Waals surface area contributed by atoms with E-state index in [1.807, 2.05) is 42.5 Å². The number of fused-ring (bicyclic) bond motifs is 3. The second-order valence-electron chi connectivity index (χ2n) is 6.86. The summed E-state index contributed by atoms with van der Waals surface area (Å²) in [6, 6.07) is 13.3. The van der Waals surface area contributed by atoms with Crippen molar-refractivity contribution in [2.24, 2.45) is 5.92 Å². The van der Waals surface area contributed by atoms with E-state index in [1.165, 1.54) is 18.4 Å². The predicted octanol–water partition coefficient (Wildman–Crippen LogP) is 3.84. The zero-order valence-corrected chi connectivity index (χ0v) is 13.2. The highest BCUT2D eigenvalue weighted by Gasteiger charge is 2.38. The Morgan fingerprint density at radius 1 is 0.917 bits per heavy atom. The highest BCUT2D eigenvalue weighted by Crippen LogP contribution is 2.45. The van der Waals surface area contributed by atoms with Crippen LogP contribution in [0, 0.1) is 5.92 Å². The Morgan fingerprint density at radius 3 is 2.42 bits per heavy atom. The van der Waals surface area contributed by atoms with Gasteiger partial charge in [-0.2, -0.15) is 8.78 Å². The van der Waals surface area contributed by atoms with E-state index in [0.717, 1.165) is 28.2 Å². The van der Waals surface area contributed by atoms with Crippen molar-refractivity contribution in [1.29, 1.82) is 0 Å². The molecule has 0 amide bonds. The average Bonchev–Trinajstić information content (AvgIpc) is 3.33. The maximum absolute atomic E-state index is 14.3. The van der Waals surface area contributed by atoms with Crippen molar-refractivity contribution in [3.63, 3.8) is 0 Å². The summed E-state index contributed by atoms with van der Waals surface area (Å²) in [5, 5.41) is 1.78. The minimum atomic E-state index is -2.83. The van der Waals surface area contributed by atoms with Gasteiger partial charge in [0.15, 0.2) is 0 Å². The van der Waals surface area contributed by atoms with Gasteiger partial charge in [-0.3, -0.25) is 0 Å². The van der Waals surface area contributed by atoms with Gasteiger partial charge in [0.2, 0.25) is 0 Å². The van der Waals surface area contributed by atoms with Crippen LogP contribution in [0.5, 0.6) is 0 Å². The van der Waals surface area contributed by atoms with E-state index in [9.17, 15) is 8.78 Å². The lowest BCUT2D eigenvalue weighted by atomic mass is 9.96. The molecule has 2 aromatic carbocycles. The molecule has 2 aromatic rings. The number of hydrogen-bond donors (Lipinski definition) is 0. The summed E-state index contributed by atoms with van der Waals surface area (Å²) < 4.78 is 28.6. The van der Waals surface area contributed by atoms with Crippen molar-refractivity contribution in [3.05, 3.63) is 64.5 Å². The molecule has 0 aromatic heterocycles. The molecule has 2 aliphatic carbocycles. The number of rotatable bonds is 2. The molecular weight excluding hydrogens is 304 g/mol. The minimum Gasteiger partial charge on any atom is -0.334 e. The first-order valence-electron chi connectivity index (χ1n) is 8.41. The Bertz CT molecular complexity index is 969. The maximum atomic E-state index is 14.3. The summed E-state index contributed by atoms with van der Waals surface area (Å²) in [5.41, 5.74) is 4.24. The SMILES string of the molecule is FC1(F)C=c2ccc3c(c2N(c2ccccc2)C1)C(C1CC1)=CC=3. The van der Waals surface area contributed by atoms with E-state index in [-0.39, 0.29) is 6.54 Å². The van der Waals surface area contributed by atoms with Gasteiger partial charge in [-0.05, 0) is 47.8 Å². The second kappa shape index (κ2) is 4.79.